The van der Waals surface area contributed by atoms with Crippen molar-refractivity contribution in [2.45, 2.75) is 63.9 Å². The van der Waals surface area contributed by atoms with Gasteiger partial charge < -0.3 is 14.6 Å². The van der Waals surface area contributed by atoms with Crippen molar-refractivity contribution >= 4 is 5.97 Å². The molecule has 19 heavy (non-hydrogen) atoms. The second kappa shape index (κ2) is 3.73. The molecule has 2 saturated carbocycles. The molecule has 0 amide bonds. The average molecular weight is 265 g/mol. The van der Waals surface area contributed by atoms with E-state index >= 15 is 0 Å². The monoisotopic (exact) mass is 265 g/mol. The van der Waals surface area contributed by atoms with E-state index in [2.05, 4.69) is 13.8 Å². The van der Waals surface area contributed by atoms with E-state index in [1.807, 2.05) is 0 Å². The first-order valence-corrected chi connectivity index (χ1v) is 7.43. The van der Waals surface area contributed by atoms with Crippen LogP contribution < -0.4 is 0 Å². The quantitative estimate of drug-likeness (QED) is 0.776. The number of carbonyl (C=O) groups is 1. The molecule has 105 valence electrons. The van der Waals surface area contributed by atoms with Crippen molar-refractivity contribution in [2.24, 2.45) is 17.3 Å². The molecule has 0 aromatic rings. The Balaban J connectivity index is 1.67. The number of carboxylic acids is 1. The third-order valence-corrected chi connectivity index (χ3v) is 5.88. The predicted octanol–water partition coefficient (Wildman–Crippen LogP) is 2.03. The van der Waals surface area contributed by atoms with Crippen LogP contribution in [0.3, 0.4) is 0 Å². The molecule has 2 aliphatic carbocycles. The van der Waals surface area contributed by atoms with E-state index in [4.69, 9.17) is 9.47 Å². The molecule has 2 saturated heterocycles. The minimum Gasteiger partial charge on any atom is -0.481 e. The van der Waals surface area contributed by atoms with Crippen molar-refractivity contribution < 1.29 is 19.4 Å². The summed E-state index contributed by atoms with van der Waals surface area (Å²) in [5.41, 5.74) is -0.673. The van der Waals surface area contributed by atoms with Gasteiger partial charge in [-0.2, -0.15) is 0 Å². The van der Waals surface area contributed by atoms with E-state index < -0.39 is 11.4 Å². The molecule has 4 aliphatic rings. The summed E-state index contributed by atoms with van der Waals surface area (Å²) in [7, 11) is 0. The van der Waals surface area contributed by atoms with Gasteiger partial charge >= 0.3 is 5.97 Å². The molecule has 2 aliphatic heterocycles. The van der Waals surface area contributed by atoms with Gasteiger partial charge in [-0.05, 0) is 43.4 Å². The third kappa shape index (κ3) is 1.62. The van der Waals surface area contributed by atoms with Crippen LogP contribution >= 0.6 is 0 Å². The number of carboxylic acid groups (broad SMARTS) is 1. The zero-order valence-corrected chi connectivity index (χ0v) is 11.5. The number of hydrogen-bond acceptors (Lipinski definition) is 3. The number of ether oxygens (including phenoxy) is 2. The Bertz CT molecular complexity index is 422. The van der Waals surface area contributed by atoms with Crippen LogP contribution in [0.4, 0.5) is 0 Å². The normalized spacial score (nSPS) is 56.1. The summed E-state index contributed by atoms with van der Waals surface area (Å²) in [5, 5.41) is 9.95. The maximum Gasteiger partial charge on any atom is 0.310 e. The summed E-state index contributed by atoms with van der Waals surface area (Å²) in [6.45, 7) is 4.26. The number of aliphatic carboxylic acids is 1. The number of hydrogen-bond donors (Lipinski definition) is 1. The Morgan fingerprint density at radius 1 is 1.16 bits per heavy atom. The van der Waals surface area contributed by atoms with Gasteiger partial charge in [0.25, 0.3) is 0 Å². The summed E-state index contributed by atoms with van der Waals surface area (Å²) < 4.78 is 11.2. The molecule has 1 radical (unpaired) electrons. The topological polar surface area (TPSA) is 62.4 Å². The minimum atomic E-state index is -0.673. The van der Waals surface area contributed by atoms with E-state index in [-0.39, 0.29) is 12.0 Å². The fraction of sp³-hybridized carbons (Fsp3) is 0.867. The molecule has 0 aromatic heterocycles. The maximum absolute atomic E-state index is 12.1. The SMILES string of the molecule is CC1CC2OC2C[C]1C1(C(=O)O)CC2OC2CC1C. The van der Waals surface area contributed by atoms with E-state index in [0.717, 1.165) is 19.3 Å². The van der Waals surface area contributed by atoms with E-state index in [9.17, 15) is 9.90 Å². The smallest absolute Gasteiger partial charge is 0.310 e. The van der Waals surface area contributed by atoms with Crippen LogP contribution in [-0.4, -0.2) is 35.5 Å². The van der Waals surface area contributed by atoms with Crippen LogP contribution in [0.5, 0.6) is 0 Å². The molecule has 0 aromatic carbocycles. The summed E-state index contributed by atoms with van der Waals surface area (Å²) in [4.78, 5) is 12.1. The Labute approximate surface area is 113 Å². The van der Waals surface area contributed by atoms with Gasteiger partial charge in [0.1, 0.15) is 0 Å². The highest BCUT2D eigenvalue weighted by Gasteiger charge is 2.64. The van der Waals surface area contributed by atoms with Crippen LogP contribution in [-0.2, 0) is 14.3 Å². The van der Waals surface area contributed by atoms with Gasteiger partial charge in [0.2, 0.25) is 0 Å². The molecule has 0 spiro atoms. The van der Waals surface area contributed by atoms with Crippen LogP contribution in [0.1, 0.15) is 39.5 Å². The fourth-order valence-corrected chi connectivity index (χ4v) is 4.61. The zero-order chi connectivity index (χ0) is 13.4. The summed E-state index contributed by atoms with van der Waals surface area (Å²) in [6, 6.07) is 0. The molecule has 4 rings (SSSR count). The first-order valence-electron chi connectivity index (χ1n) is 7.43. The van der Waals surface area contributed by atoms with Gasteiger partial charge in [0.05, 0.1) is 29.8 Å². The van der Waals surface area contributed by atoms with Gasteiger partial charge in [0, 0.05) is 0 Å². The number of rotatable bonds is 2. The molecule has 4 fully saturated rings. The second-order valence-electron chi connectivity index (χ2n) is 6.91. The van der Waals surface area contributed by atoms with E-state index in [0.29, 0.717) is 30.7 Å². The molecule has 1 N–H and O–H groups in total. The van der Waals surface area contributed by atoms with Gasteiger partial charge in [-0.25, -0.2) is 0 Å². The van der Waals surface area contributed by atoms with Gasteiger partial charge in [-0.1, -0.05) is 13.8 Å². The first-order chi connectivity index (χ1) is 9.02. The molecule has 4 nitrogen and oxygen atoms in total. The second-order valence-corrected chi connectivity index (χ2v) is 6.91. The Morgan fingerprint density at radius 2 is 1.84 bits per heavy atom. The van der Waals surface area contributed by atoms with Crippen molar-refractivity contribution in [2.75, 3.05) is 0 Å². The Morgan fingerprint density at radius 3 is 2.58 bits per heavy atom. The zero-order valence-electron chi connectivity index (χ0n) is 11.5. The standard InChI is InChI=1S/C15H21O4/c1-7-3-10-12(18-10)5-9(7)15(14(16)17)6-13-11(19-13)4-8(15)2/h7-8,10-13H,3-6H2,1-2H3,(H,16,17). The predicted molar refractivity (Wildman–Crippen MR) is 67.4 cm³/mol. The van der Waals surface area contributed by atoms with Crippen LogP contribution in [0.25, 0.3) is 0 Å². The molecule has 0 bridgehead atoms. The molecular formula is C15H21O4. The van der Waals surface area contributed by atoms with Crippen LogP contribution in [0.2, 0.25) is 0 Å². The molecule has 2 heterocycles. The van der Waals surface area contributed by atoms with E-state index in [1.165, 1.54) is 5.92 Å². The van der Waals surface area contributed by atoms with Crippen molar-refractivity contribution in [1.82, 2.24) is 0 Å². The fourth-order valence-electron chi connectivity index (χ4n) is 4.61. The van der Waals surface area contributed by atoms with Gasteiger partial charge in [-0.3, -0.25) is 4.79 Å². The number of fused-ring (bicyclic) bond motifs is 2. The minimum absolute atomic E-state index is 0.168. The average Bonchev–Trinajstić information content (AvgIpc) is 3.21. The lowest BCUT2D eigenvalue weighted by molar-refractivity contribution is -0.153. The summed E-state index contributed by atoms with van der Waals surface area (Å²) in [5.74, 6) is 1.11. The van der Waals surface area contributed by atoms with Crippen molar-refractivity contribution in [3.8, 4) is 0 Å². The Hall–Kier alpha value is -0.610. The lowest BCUT2D eigenvalue weighted by atomic mass is 9.54. The summed E-state index contributed by atoms with van der Waals surface area (Å²) >= 11 is 0. The van der Waals surface area contributed by atoms with Crippen molar-refractivity contribution in [3.63, 3.8) is 0 Å². The maximum atomic E-state index is 12.1. The lowest BCUT2D eigenvalue weighted by Gasteiger charge is -2.46. The largest absolute Gasteiger partial charge is 0.481 e. The summed E-state index contributed by atoms with van der Waals surface area (Å²) in [6.07, 6.45) is 4.61. The first kappa shape index (κ1) is 12.2. The van der Waals surface area contributed by atoms with Crippen molar-refractivity contribution in [1.29, 1.82) is 0 Å². The van der Waals surface area contributed by atoms with Crippen LogP contribution in [0, 0.1) is 23.2 Å². The van der Waals surface area contributed by atoms with Crippen molar-refractivity contribution in [3.05, 3.63) is 5.92 Å². The van der Waals surface area contributed by atoms with Gasteiger partial charge in [-0.15, -0.1) is 0 Å². The van der Waals surface area contributed by atoms with Crippen LogP contribution in [0.15, 0.2) is 0 Å². The van der Waals surface area contributed by atoms with Gasteiger partial charge in [0.15, 0.2) is 0 Å². The number of epoxide rings is 2. The third-order valence-electron chi connectivity index (χ3n) is 5.88. The lowest BCUT2D eigenvalue weighted by Crippen LogP contribution is -2.50. The highest BCUT2D eigenvalue weighted by Crippen LogP contribution is 2.60. The highest BCUT2D eigenvalue weighted by molar-refractivity contribution is 5.79. The van der Waals surface area contributed by atoms with E-state index in [1.54, 1.807) is 0 Å². The Kier molecular flexibility index (Phi) is 2.39. The molecule has 4 heteroatoms. The molecular weight excluding hydrogens is 244 g/mol. The highest BCUT2D eigenvalue weighted by atomic mass is 16.6. The molecule has 7 atom stereocenters. The molecule has 7 unspecified atom stereocenters.